The van der Waals surface area contributed by atoms with E-state index in [4.69, 9.17) is 11.6 Å². The Bertz CT molecular complexity index is 641. The van der Waals surface area contributed by atoms with Crippen LogP contribution in [0.1, 0.15) is 37.7 Å². The van der Waals surface area contributed by atoms with Crippen molar-refractivity contribution in [2.75, 3.05) is 32.7 Å². The zero-order chi connectivity index (χ0) is 18.4. The minimum atomic E-state index is -0.633. The van der Waals surface area contributed by atoms with Crippen LogP contribution >= 0.6 is 11.6 Å². The van der Waals surface area contributed by atoms with Crippen LogP contribution in [0.25, 0.3) is 0 Å². The van der Waals surface area contributed by atoms with Gasteiger partial charge in [-0.2, -0.15) is 5.26 Å². The summed E-state index contributed by atoms with van der Waals surface area (Å²) in [5, 5.41) is 13.3. The lowest BCUT2D eigenvalue weighted by Crippen LogP contribution is -2.54. The number of nitrogens with zero attached hydrogens (tertiary/aromatic N) is 3. The van der Waals surface area contributed by atoms with Crippen molar-refractivity contribution in [1.82, 2.24) is 15.1 Å². The monoisotopic (exact) mass is 374 g/mol. The van der Waals surface area contributed by atoms with Crippen LogP contribution < -0.4 is 5.32 Å². The molecule has 0 bridgehead atoms. The summed E-state index contributed by atoms with van der Waals surface area (Å²) in [4.78, 5) is 17.0. The van der Waals surface area contributed by atoms with Gasteiger partial charge in [-0.05, 0) is 30.5 Å². The van der Waals surface area contributed by atoms with Gasteiger partial charge in [0.15, 0.2) is 0 Å². The highest BCUT2D eigenvalue weighted by atomic mass is 35.5. The van der Waals surface area contributed by atoms with E-state index in [-0.39, 0.29) is 5.91 Å². The molecule has 1 aliphatic carbocycles. The molecule has 5 nitrogen and oxygen atoms in total. The largest absolute Gasteiger partial charge is 0.337 e. The molecule has 3 rings (SSSR count). The Balaban J connectivity index is 1.42. The van der Waals surface area contributed by atoms with Crippen molar-refractivity contribution < 1.29 is 4.79 Å². The number of nitriles is 1. The number of amides is 1. The lowest BCUT2D eigenvalue weighted by atomic mass is 9.83. The maximum Gasteiger partial charge on any atom is 0.235 e. The molecule has 1 N–H and O–H groups in total. The summed E-state index contributed by atoms with van der Waals surface area (Å²) in [6.07, 6.45) is 4.78. The normalized spacial score (nSPS) is 21.1. The number of benzene rings is 1. The average Bonchev–Trinajstić information content (AvgIpc) is 2.66. The maximum atomic E-state index is 12.4. The van der Waals surface area contributed by atoms with E-state index in [1.165, 1.54) is 5.56 Å². The van der Waals surface area contributed by atoms with Crippen LogP contribution in [-0.4, -0.2) is 54.0 Å². The molecule has 0 radical (unpaired) electrons. The van der Waals surface area contributed by atoms with Crippen molar-refractivity contribution in [2.24, 2.45) is 0 Å². The summed E-state index contributed by atoms with van der Waals surface area (Å²) in [5.74, 6) is -0.0143. The van der Waals surface area contributed by atoms with Gasteiger partial charge in [-0.1, -0.05) is 43.0 Å². The number of carbonyl (C=O) groups excluding carboxylic acids is 1. The fourth-order valence-electron chi connectivity index (χ4n) is 3.88. The molecule has 0 spiro atoms. The van der Waals surface area contributed by atoms with Gasteiger partial charge in [-0.25, -0.2) is 0 Å². The van der Waals surface area contributed by atoms with Crippen LogP contribution in [0.15, 0.2) is 24.3 Å². The Labute approximate surface area is 160 Å². The first-order valence-electron chi connectivity index (χ1n) is 9.50. The smallest absolute Gasteiger partial charge is 0.235 e. The lowest BCUT2D eigenvalue weighted by molar-refractivity contribution is -0.124. The summed E-state index contributed by atoms with van der Waals surface area (Å²) in [6, 6.07) is 10.3. The molecular weight excluding hydrogens is 348 g/mol. The van der Waals surface area contributed by atoms with E-state index in [1.807, 2.05) is 12.1 Å². The Kier molecular flexibility index (Phi) is 6.53. The summed E-state index contributed by atoms with van der Waals surface area (Å²) in [6.45, 7) is 4.94. The van der Waals surface area contributed by atoms with Crippen molar-refractivity contribution in [3.8, 4) is 6.07 Å². The minimum Gasteiger partial charge on any atom is -0.337 e. The highest BCUT2D eigenvalue weighted by Crippen LogP contribution is 2.27. The number of rotatable bonds is 5. The number of hydrogen-bond donors (Lipinski definition) is 1. The molecule has 1 amide bonds. The molecule has 26 heavy (non-hydrogen) atoms. The minimum absolute atomic E-state index is 0.0143. The van der Waals surface area contributed by atoms with Gasteiger partial charge < -0.3 is 5.32 Å². The van der Waals surface area contributed by atoms with E-state index in [2.05, 4.69) is 33.3 Å². The second kappa shape index (κ2) is 8.85. The highest BCUT2D eigenvalue weighted by Gasteiger charge is 2.34. The third-order valence-electron chi connectivity index (χ3n) is 5.45. The maximum absolute atomic E-state index is 12.4. The molecule has 140 valence electrons. The first-order chi connectivity index (χ1) is 12.6. The fourth-order valence-corrected chi connectivity index (χ4v) is 4.01. The Morgan fingerprint density at radius 3 is 2.31 bits per heavy atom. The van der Waals surface area contributed by atoms with Gasteiger partial charge in [0.2, 0.25) is 5.91 Å². The molecule has 1 aromatic carbocycles. The molecule has 1 aliphatic heterocycles. The van der Waals surface area contributed by atoms with Gasteiger partial charge in [0.05, 0.1) is 12.6 Å². The zero-order valence-corrected chi connectivity index (χ0v) is 16.0. The molecule has 1 saturated carbocycles. The lowest BCUT2D eigenvalue weighted by Gasteiger charge is -2.36. The van der Waals surface area contributed by atoms with Gasteiger partial charge >= 0.3 is 0 Å². The summed E-state index contributed by atoms with van der Waals surface area (Å²) in [5.41, 5.74) is 0.625. The van der Waals surface area contributed by atoms with Crippen LogP contribution in [0.2, 0.25) is 5.02 Å². The van der Waals surface area contributed by atoms with Crippen LogP contribution in [0.5, 0.6) is 0 Å². The molecule has 0 aromatic heterocycles. The number of carbonyl (C=O) groups is 1. The standard InChI is InChI=1S/C20H27ClN4O/c21-18-6-4-17(5-7-18)14-24-10-12-25(13-11-24)15-19(26)23-20(16-22)8-2-1-3-9-20/h4-7H,1-3,8-15H2,(H,23,26). The third kappa shape index (κ3) is 5.20. The summed E-state index contributed by atoms with van der Waals surface area (Å²) < 4.78 is 0. The van der Waals surface area contributed by atoms with Crippen LogP contribution in [0, 0.1) is 11.3 Å². The zero-order valence-electron chi connectivity index (χ0n) is 15.2. The van der Waals surface area contributed by atoms with E-state index >= 15 is 0 Å². The second-order valence-corrected chi connectivity index (χ2v) is 7.92. The van der Waals surface area contributed by atoms with Crippen LogP contribution in [0.3, 0.4) is 0 Å². The van der Waals surface area contributed by atoms with Crippen LogP contribution in [0.4, 0.5) is 0 Å². The van der Waals surface area contributed by atoms with Gasteiger partial charge in [-0.3, -0.25) is 14.6 Å². The van der Waals surface area contributed by atoms with E-state index in [1.54, 1.807) is 0 Å². The number of piperazine rings is 1. The predicted molar refractivity (Wildman–Crippen MR) is 103 cm³/mol. The van der Waals surface area contributed by atoms with Gasteiger partial charge in [-0.15, -0.1) is 0 Å². The van der Waals surface area contributed by atoms with Crippen molar-refractivity contribution in [3.05, 3.63) is 34.9 Å². The summed E-state index contributed by atoms with van der Waals surface area (Å²) >= 11 is 5.93. The van der Waals surface area contributed by atoms with Crippen LogP contribution in [-0.2, 0) is 11.3 Å². The molecule has 1 saturated heterocycles. The second-order valence-electron chi connectivity index (χ2n) is 7.48. The first-order valence-corrected chi connectivity index (χ1v) is 9.88. The molecule has 2 fully saturated rings. The molecule has 6 heteroatoms. The highest BCUT2D eigenvalue weighted by molar-refractivity contribution is 6.30. The fraction of sp³-hybridized carbons (Fsp3) is 0.600. The first kappa shape index (κ1) is 19.2. The topological polar surface area (TPSA) is 59.4 Å². The van der Waals surface area contributed by atoms with E-state index in [9.17, 15) is 10.1 Å². The average molecular weight is 375 g/mol. The quantitative estimate of drug-likeness (QED) is 0.860. The Morgan fingerprint density at radius 1 is 1.08 bits per heavy atom. The molecule has 0 unspecified atom stereocenters. The number of halogens is 1. The molecular formula is C20H27ClN4O. The van der Waals surface area contributed by atoms with E-state index < -0.39 is 5.54 Å². The Morgan fingerprint density at radius 2 is 1.69 bits per heavy atom. The molecule has 2 aliphatic rings. The number of hydrogen-bond acceptors (Lipinski definition) is 4. The van der Waals surface area contributed by atoms with Crippen molar-refractivity contribution in [1.29, 1.82) is 5.26 Å². The molecule has 0 atom stereocenters. The van der Waals surface area contributed by atoms with E-state index in [0.29, 0.717) is 6.54 Å². The summed E-state index contributed by atoms with van der Waals surface area (Å²) in [7, 11) is 0. The Hall–Kier alpha value is -1.61. The number of nitrogens with one attached hydrogen (secondary N) is 1. The van der Waals surface area contributed by atoms with Gasteiger partial charge in [0.25, 0.3) is 0 Å². The molecule has 1 aromatic rings. The van der Waals surface area contributed by atoms with Gasteiger partial charge in [0.1, 0.15) is 5.54 Å². The van der Waals surface area contributed by atoms with Crippen molar-refractivity contribution >= 4 is 17.5 Å². The SMILES string of the molecule is N#CC1(NC(=O)CN2CCN(Cc3ccc(Cl)cc3)CC2)CCCCC1. The van der Waals surface area contributed by atoms with Crippen molar-refractivity contribution in [2.45, 2.75) is 44.2 Å². The van der Waals surface area contributed by atoms with Crippen molar-refractivity contribution in [3.63, 3.8) is 0 Å². The van der Waals surface area contributed by atoms with E-state index in [0.717, 1.165) is 69.9 Å². The third-order valence-corrected chi connectivity index (χ3v) is 5.70. The predicted octanol–water partition coefficient (Wildman–Crippen LogP) is 2.80. The molecule has 1 heterocycles. The van der Waals surface area contributed by atoms with Gasteiger partial charge in [0, 0.05) is 37.7 Å².